The van der Waals surface area contributed by atoms with E-state index < -0.39 is 0 Å². The number of likely N-dealkylation sites (tertiary alicyclic amines) is 1. The lowest BCUT2D eigenvalue weighted by Crippen LogP contribution is -2.43. The van der Waals surface area contributed by atoms with Crippen LogP contribution in [0.1, 0.15) is 37.8 Å². The van der Waals surface area contributed by atoms with E-state index in [1.54, 1.807) is 0 Å². The molecule has 1 fully saturated rings. The Morgan fingerprint density at radius 2 is 1.86 bits per heavy atom. The molecule has 1 heterocycles. The zero-order chi connectivity index (χ0) is 14.9. The van der Waals surface area contributed by atoms with Gasteiger partial charge in [-0.1, -0.05) is 36.8 Å². The largest absolute Gasteiger partial charge is 0.355 e. The van der Waals surface area contributed by atoms with E-state index in [0.717, 1.165) is 19.0 Å². The van der Waals surface area contributed by atoms with Crippen molar-refractivity contribution in [1.29, 1.82) is 0 Å². The summed E-state index contributed by atoms with van der Waals surface area (Å²) in [5.41, 5.74) is 1.27. The minimum absolute atomic E-state index is 0. The predicted octanol–water partition coefficient (Wildman–Crippen LogP) is 3.02. The van der Waals surface area contributed by atoms with Gasteiger partial charge in [0.1, 0.15) is 0 Å². The van der Waals surface area contributed by atoms with Crippen LogP contribution in [0.15, 0.2) is 35.3 Å². The lowest BCUT2D eigenvalue weighted by Gasteiger charge is -2.27. The maximum absolute atomic E-state index is 4.31. The second kappa shape index (κ2) is 10.8. The average Bonchev–Trinajstić information content (AvgIpc) is 2.55. The van der Waals surface area contributed by atoms with Crippen LogP contribution in [0, 0.1) is 0 Å². The Kier molecular flexibility index (Phi) is 9.47. The summed E-state index contributed by atoms with van der Waals surface area (Å²) < 4.78 is 0. The fraction of sp³-hybridized carbons (Fsp3) is 0.588. The monoisotopic (exact) mass is 416 g/mol. The van der Waals surface area contributed by atoms with Crippen molar-refractivity contribution in [3.63, 3.8) is 0 Å². The first-order valence-electron chi connectivity index (χ1n) is 8.04. The van der Waals surface area contributed by atoms with E-state index in [-0.39, 0.29) is 30.0 Å². The van der Waals surface area contributed by atoms with Gasteiger partial charge in [0.05, 0.1) is 6.04 Å². The van der Waals surface area contributed by atoms with Gasteiger partial charge in [-0.3, -0.25) is 4.99 Å². The molecule has 1 aliphatic heterocycles. The first-order chi connectivity index (χ1) is 10.3. The number of nitrogens with zero attached hydrogens (tertiary/aromatic N) is 2. The number of hydrogen-bond donors (Lipinski definition) is 2. The number of piperidine rings is 1. The summed E-state index contributed by atoms with van der Waals surface area (Å²) in [7, 11) is 1.83. The third-order valence-corrected chi connectivity index (χ3v) is 4.05. The zero-order valence-electron chi connectivity index (χ0n) is 13.7. The molecule has 22 heavy (non-hydrogen) atoms. The van der Waals surface area contributed by atoms with E-state index in [2.05, 4.69) is 51.7 Å². The molecule has 1 aromatic carbocycles. The van der Waals surface area contributed by atoms with Gasteiger partial charge in [0.15, 0.2) is 5.96 Å². The molecule has 0 aromatic heterocycles. The molecule has 1 aromatic rings. The molecule has 0 amide bonds. The zero-order valence-corrected chi connectivity index (χ0v) is 16.0. The molecule has 4 nitrogen and oxygen atoms in total. The summed E-state index contributed by atoms with van der Waals surface area (Å²) in [5.74, 6) is 0.878. The molecular formula is C17H29IN4. The van der Waals surface area contributed by atoms with Gasteiger partial charge in [0.25, 0.3) is 0 Å². The van der Waals surface area contributed by atoms with Gasteiger partial charge in [0.2, 0.25) is 0 Å². The molecule has 2 N–H and O–H groups in total. The minimum Gasteiger partial charge on any atom is -0.355 e. The van der Waals surface area contributed by atoms with Crippen molar-refractivity contribution in [3.8, 4) is 0 Å². The number of benzene rings is 1. The lowest BCUT2D eigenvalue weighted by atomic mass is 10.1. The first kappa shape index (κ1) is 19.2. The van der Waals surface area contributed by atoms with Crippen molar-refractivity contribution in [2.24, 2.45) is 4.99 Å². The molecule has 1 atom stereocenters. The van der Waals surface area contributed by atoms with E-state index in [9.17, 15) is 0 Å². The normalized spacial score (nSPS) is 17.5. The second-order valence-electron chi connectivity index (χ2n) is 5.68. The maximum Gasteiger partial charge on any atom is 0.191 e. The Morgan fingerprint density at radius 3 is 2.50 bits per heavy atom. The molecule has 0 bridgehead atoms. The van der Waals surface area contributed by atoms with Crippen molar-refractivity contribution in [1.82, 2.24) is 15.5 Å². The van der Waals surface area contributed by atoms with Crippen LogP contribution in [0.2, 0.25) is 0 Å². The van der Waals surface area contributed by atoms with Gasteiger partial charge in [-0.2, -0.15) is 0 Å². The fourth-order valence-corrected chi connectivity index (χ4v) is 2.74. The number of rotatable bonds is 5. The van der Waals surface area contributed by atoms with Crippen molar-refractivity contribution in [2.45, 2.75) is 32.2 Å². The summed E-state index contributed by atoms with van der Waals surface area (Å²) in [5, 5.41) is 6.86. The highest BCUT2D eigenvalue weighted by Crippen LogP contribution is 2.10. The van der Waals surface area contributed by atoms with Crippen LogP contribution in [-0.4, -0.2) is 44.1 Å². The van der Waals surface area contributed by atoms with Crippen LogP contribution < -0.4 is 10.6 Å². The maximum atomic E-state index is 4.31. The van der Waals surface area contributed by atoms with Crippen molar-refractivity contribution < 1.29 is 0 Å². The standard InChI is InChI=1S/C17H28N4.HI/c1-15(16-9-5-3-6-10-16)20-17(18-2)19-11-14-21-12-7-4-8-13-21;/h3,5-6,9-10,15H,4,7-8,11-14H2,1-2H3,(H2,18,19,20);1H. The SMILES string of the molecule is CN=C(NCCN1CCCCC1)NC(C)c1ccccc1.I. The van der Waals surface area contributed by atoms with E-state index in [1.165, 1.54) is 37.9 Å². The second-order valence-corrected chi connectivity index (χ2v) is 5.68. The summed E-state index contributed by atoms with van der Waals surface area (Å²) >= 11 is 0. The fourth-order valence-electron chi connectivity index (χ4n) is 2.74. The molecular weight excluding hydrogens is 387 g/mol. The highest BCUT2D eigenvalue weighted by molar-refractivity contribution is 14.0. The molecule has 5 heteroatoms. The lowest BCUT2D eigenvalue weighted by molar-refractivity contribution is 0.232. The van der Waals surface area contributed by atoms with Gasteiger partial charge in [-0.15, -0.1) is 24.0 Å². The molecule has 2 rings (SSSR count). The summed E-state index contributed by atoms with van der Waals surface area (Å²) in [6, 6.07) is 10.7. The molecule has 1 unspecified atom stereocenters. The van der Waals surface area contributed by atoms with Gasteiger partial charge in [0, 0.05) is 20.1 Å². The quantitative estimate of drug-likeness (QED) is 0.441. The van der Waals surface area contributed by atoms with Crippen molar-refractivity contribution in [3.05, 3.63) is 35.9 Å². The molecule has 1 aliphatic rings. The summed E-state index contributed by atoms with van der Waals surface area (Å²) in [6.07, 6.45) is 4.08. The van der Waals surface area contributed by atoms with Gasteiger partial charge in [-0.25, -0.2) is 0 Å². The van der Waals surface area contributed by atoms with E-state index in [1.807, 2.05) is 13.1 Å². The predicted molar refractivity (Wildman–Crippen MR) is 105 cm³/mol. The number of nitrogens with one attached hydrogen (secondary N) is 2. The number of aliphatic imine (C=N–C) groups is 1. The van der Waals surface area contributed by atoms with Crippen molar-refractivity contribution >= 4 is 29.9 Å². The number of guanidine groups is 1. The van der Waals surface area contributed by atoms with E-state index in [0.29, 0.717) is 0 Å². The molecule has 0 aliphatic carbocycles. The average molecular weight is 416 g/mol. The Balaban J connectivity index is 0.00000242. The van der Waals surface area contributed by atoms with E-state index >= 15 is 0 Å². The molecule has 0 spiro atoms. The minimum atomic E-state index is 0. The summed E-state index contributed by atoms with van der Waals surface area (Å²) in [6.45, 7) is 6.69. The van der Waals surface area contributed by atoms with Gasteiger partial charge in [-0.05, 0) is 38.4 Å². The van der Waals surface area contributed by atoms with Crippen LogP contribution in [0.3, 0.4) is 0 Å². The van der Waals surface area contributed by atoms with E-state index in [4.69, 9.17) is 0 Å². The Labute approximate surface area is 151 Å². The molecule has 124 valence electrons. The topological polar surface area (TPSA) is 39.7 Å². The number of halogens is 1. The van der Waals surface area contributed by atoms with Gasteiger partial charge >= 0.3 is 0 Å². The third-order valence-electron chi connectivity index (χ3n) is 4.05. The van der Waals surface area contributed by atoms with Crippen LogP contribution >= 0.6 is 24.0 Å². The molecule has 1 saturated heterocycles. The van der Waals surface area contributed by atoms with Crippen molar-refractivity contribution in [2.75, 3.05) is 33.2 Å². The molecule has 0 radical (unpaired) electrons. The van der Waals surface area contributed by atoms with Crippen LogP contribution in [0.25, 0.3) is 0 Å². The molecule has 0 saturated carbocycles. The first-order valence-corrected chi connectivity index (χ1v) is 8.04. The number of hydrogen-bond acceptors (Lipinski definition) is 2. The Morgan fingerprint density at radius 1 is 1.18 bits per heavy atom. The Bertz CT molecular complexity index is 430. The smallest absolute Gasteiger partial charge is 0.191 e. The highest BCUT2D eigenvalue weighted by atomic mass is 127. The van der Waals surface area contributed by atoms with Crippen LogP contribution in [0.5, 0.6) is 0 Å². The van der Waals surface area contributed by atoms with Crippen LogP contribution in [0.4, 0.5) is 0 Å². The Hall–Kier alpha value is -0.820. The van der Waals surface area contributed by atoms with Crippen LogP contribution in [-0.2, 0) is 0 Å². The third kappa shape index (κ3) is 6.52. The van der Waals surface area contributed by atoms with Gasteiger partial charge < -0.3 is 15.5 Å². The highest BCUT2D eigenvalue weighted by Gasteiger charge is 2.10. The summed E-state index contributed by atoms with van der Waals surface area (Å²) in [4.78, 5) is 6.84.